The molecule has 0 radical (unpaired) electrons. The van der Waals surface area contributed by atoms with Crippen molar-refractivity contribution >= 4 is 0 Å². The number of likely N-dealkylation sites (N-methyl/N-ethyl adjacent to an activating group) is 1. The Morgan fingerprint density at radius 2 is 1.57 bits per heavy atom. The summed E-state index contributed by atoms with van der Waals surface area (Å²) in [5, 5.41) is 10.3. The van der Waals surface area contributed by atoms with Crippen LogP contribution in [0.15, 0.2) is 0 Å². The average Bonchev–Trinajstić information content (AvgIpc) is 2.12. The lowest BCUT2D eigenvalue weighted by Gasteiger charge is -2.42. The molecule has 0 spiro atoms. The van der Waals surface area contributed by atoms with E-state index in [0.717, 1.165) is 12.8 Å². The van der Waals surface area contributed by atoms with Crippen molar-refractivity contribution in [2.24, 2.45) is 0 Å². The van der Waals surface area contributed by atoms with Crippen molar-refractivity contribution < 1.29 is 14.3 Å². The lowest BCUT2D eigenvalue weighted by Crippen LogP contribution is -2.59. The molecule has 0 amide bonds. The highest BCUT2D eigenvalue weighted by Crippen LogP contribution is 2.28. The Labute approximate surface area is 88.3 Å². The molecule has 3 heteroatoms. The van der Waals surface area contributed by atoms with Crippen LogP contribution in [0.4, 0.5) is 0 Å². The number of aliphatic hydroxyl groups excluding tert-OH is 1. The van der Waals surface area contributed by atoms with E-state index in [-0.39, 0.29) is 0 Å². The van der Waals surface area contributed by atoms with Crippen LogP contribution in [0, 0.1) is 0 Å². The van der Waals surface area contributed by atoms with E-state index < -0.39 is 11.8 Å². The van der Waals surface area contributed by atoms with Gasteiger partial charge in [-0.2, -0.15) is 0 Å². The van der Waals surface area contributed by atoms with Gasteiger partial charge in [0.15, 0.2) is 0 Å². The van der Waals surface area contributed by atoms with Gasteiger partial charge in [0.05, 0.1) is 21.1 Å². The zero-order valence-corrected chi connectivity index (χ0v) is 10.5. The summed E-state index contributed by atoms with van der Waals surface area (Å²) in [5.74, 6) is 0. The molecule has 0 bridgehead atoms. The van der Waals surface area contributed by atoms with Crippen LogP contribution < -0.4 is 0 Å². The molecular weight excluding hydrogens is 178 g/mol. The van der Waals surface area contributed by atoms with Crippen LogP contribution in [-0.2, 0) is 4.74 Å². The average molecular weight is 204 g/mol. The third-order valence-electron chi connectivity index (χ3n) is 2.83. The predicted molar refractivity (Wildman–Crippen MR) is 59.0 cm³/mol. The van der Waals surface area contributed by atoms with E-state index in [2.05, 4.69) is 13.8 Å². The van der Waals surface area contributed by atoms with Crippen LogP contribution in [0.1, 0.15) is 33.6 Å². The number of quaternary nitrogens is 1. The van der Waals surface area contributed by atoms with Crippen molar-refractivity contribution in [1.29, 1.82) is 0 Å². The molecule has 1 atom stereocenters. The first kappa shape index (κ1) is 13.9. The molecule has 14 heavy (non-hydrogen) atoms. The van der Waals surface area contributed by atoms with Crippen LogP contribution in [0.3, 0.4) is 0 Å². The van der Waals surface area contributed by atoms with Gasteiger partial charge in [-0.3, -0.25) is 0 Å². The predicted octanol–water partition coefficient (Wildman–Crippen LogP) is 1.61. The zero-order chi connectivity index (χ0) is 11.4. The first-order valence-electron chi connectivity index (χ1n) is 5.47. The van der Waals surface area contributed by atoms with E-state index in [9.17, 15) is 5.11 Å². The standard InChI is InChI=1S/C11H26NO2/c1-7-11(8-2,14-9-3)10(13)12(4,5)6/h10,13H,7-9H2,1-6H3/q+1. The summed E-state index contributed by atoms with van der Waals surface area (Å²) in [6.45, 7) is 6.76. The Kier molecular flexibility index (Phi) is 5.06. The van der Waals surface area contributed by atoms with Gasteiger partial charge >= 0.3 is 0 Å². The van der Waals surface area contributed by atoms with Crippen LogP contribution in [0.2, 0.25) is 0 Å². The van der Waals surface area contributed by atoms with Crippen molar-refractivity contribution in [1.82, 2.24) is 0 Å². The first-order chi connectivity index (χ1) is 6.34. The third-order valence-corrected chi connectivity index (χ3v) is 2.83. The minimum absolute atomic E-state index is 0.396. The van der Waals surface area contributed by atoms with Gasteiger partial charge in [-0.05, 0) is 19.8 Å². The molecule has 86 valence electrons. The van der Waals surface area contributed by atoms with Gasteiger partial charge in [-0.1, -0.05) is 13.8 Å². The largest absolute Gasteiger partial charge is 0.366 e. The molecule has 0 aromatic heterocycles. The fraction of sp³-hybridized carbons (Fsp3) is 1.00. The Bertz CT molecular complexity index is 159. The molecule has 0 saturated carbocycles. The second kappa shape index (κ2) is 5.10. The van der Waals surface area contributed by atoms with Crippen molar-refractivity contribution in [3.05, 3.63) is 0 Å². The summed E-state index contributed by atoms with van der Waals surface area (Å²) in [5.41, 5.74) is -0.396. The lowest BCUT2D eigenvalue weighted by atomic mass is 9.93. The maximum Gasteiger partial charge on any atom is 0.219 e. The first-order valence-corrected chi connectivity index (χ1v) is 5.47. The topological polar surface area (TPSA) is 29.5 Å². The van der Waals surface area contributed by atoms with Crippen LogP contribution >= 0.6 is 0 Å². The Morgan fingerprint density at radius 1 is 1.14 bits per heavy atom. The Morgan fingerprint density at radius 3 is 1.79 bits per heavy atom. The van der Waals surface area contributed by atoms with Gasteiger partial charge in [-0.25, -0.2) is 0 Å². The van der Waals surface area contributed by atoms with Crippen molar-refractivity contribution in [2.45, 2.75) is 45.4 Å². The maximum absolute atomic E-state index is 10.3. The van der Waals surface area contributed by atoms with Crippen LogP contribution in [0.5, 0.6) is 0 Å². The summed E-state index contributed by atoms with van der Waals surface area (Å²) in [7, 11) is 5.97. The lowest BCUT2D eigenvalue weighted by molar-refractivity contribution is -0.927. The smallest absolute Gasteiger partial charge is 0.219 e. The molecule has 0 aliphatic rings. The Hall–Kier alpha value is -0.120. The summed E-state index contributed by atoms with van der Waals surface area (Å²) < 4.78 is 6.27. The van der Waals surface area contributed by atoms with Gasteiger partial charge in [-0.15, -0.1) is 0 Å². The normalized spacial score (nSPS) is 15.6. The second-order valence-electron chi connectivity index (χ2n) is 4.69. The summed E-state index contributed by atoms with van der Waals surface area (Å²) >= 11 is 0. The quantitative estimate of drug-likeness (QED) is 0.526. The molecule has 3 nitrogen and oxygen atoms in total. The molecule has 0 heterocycles. The van der Waals surface area contributed by atoms with Crippen molar-refractivity contribution in [2.75, 3.05) is 27.7 Å². The fourth-order valence-electron chi connectivity index (χ4n) is 1.89. The molecule has 0 aliphatic carbocycles. The molecule has 0 aliphatic heterocycles. The van der Waals surface area contributed by atoms with E-state index >= 15 is 0 Å². The van der Waals surface area contributed by atoms with Gasteiger partial charge in [0, 0.05) is 6.61 Å². The monoisotopic (exact) mass is 204 g/mol. The Balaban J connectivity index is 4.79. The number of nitrogens with zero attached hydrogens (tertiary/aromatic N) is 1. The molecule has 0 aromatic carbocycles. The maximum atomic E-state index is 10.3. The number of hydrogen-bond donors (Lipinski definition) is 1. The van der Waals surface area contributed by atoms with E-state index in [1.54, 1.807) is 0 Å². The van der Waals surface area contributed by atoms with Gasteiger partial charge in [0.1, 0.15) is 5.60 Å². The van der Waals surface area contributed by atoms with Gasteiger partial charge < -0.3 is 14.3 Å². The SMILES string of the molecule is CCOC(CC)(CC)C(O)[N+](C)(C)C. The van der Waals surface area contributed by atoms with Gasteiger partial charge in [0.2, 0.25) is 6.23 Å². The molecule has 0 fully saturated rings. The number of aliphatic hydroxyl groups is 1. The summed E-state index contributed by atoms with van der Waals surface area (Å²) in [4.78, 5) is 0. The molecule has 1 unspecified atom stereocenters. The molecule has 0 saturated heterocycles. The molecular formula is C11H26NO2+. The number of hydrogen-bond acceptors (Lipinski definition) is 2. The van der Waals surface area contributed by atoms with E-state index in [0.29, 0.717) is 11.1 Å². The minimum atomic E-state index is -0.475. The molecule has 1 N–H and O–H groups in total. The van der Waals surface area contributed by atoms with Gasteiger partial charge in [0.25, 0.3) is 0 Å². The minimum Gasteiger partial charge on any atom is -0.366 e. The van der Waals surface area contributed by atoms with Crippen LogP contribution in [0.25, 0.3) is 0 Å². The highest BCUT2D eigenvalue weighted by molar-refractivity contribution is 4.80. The van der Waals surface area contributed by atoms with E-state index in [1.165, 1.54) is 0 Å². The molecule has 0 rings (SSSR count). The summed E-state index contributed by atoms with van der Waals surface area (Å²) in [6.07, 6.45) is 1.21. The third kappa shape index (κ3) is 2.94. The fourth-order valence-corrected chi connectivity index (χ4v) is 1.89. The van der Waals surface area contributed by atoms with E-state index in [4.69, 9.17) is 4.74 Å². The number of ether oxygens (including phenoxy) is 1. The second-order valence-corrected chi connectivity index (χ2v) is 4.69. The zero-order valence-electron chi connectivity index (χ0n) is 10.5. The summed E-state index contributed by atoms with van der Waals surface area (Å²) in [6, 6.07) is 0. The van der Waals surface area contributed by atoms with Crippen molar-refractivity contribution in [3.63, 3.8) is 0 Å². The highest BCUT2D eigenvalue weighted by atomic mass is 16.5. The highest BCUT2D eigenvalue weighted by Gasteiger charge is 2.43. The van der Waals surface area contributed by atoms with E-state index in [1.807, 2.05) is 28.1 Å². The van der Waals surface area contributed by atoms with Crippen molar-refractivity contribution in [3.8, 4) is 0 Å². The molecule has 0 aromatic rings. The van der Waals surface area contributed by atoms with Crippen LogP contribution in [-0.4, -0.2) is 49.2 Å². The number of rotatable bonds is 6.